The summed E-state index contributed by atoms with van der Waals surface area (Å²) in [5, 5.41) is 0. The number of hydrogen-bond donors (Lipinski definition) is 0. The van der Waals surface area contributed by atoms with Crippen LogP contribution in [0.2, 0.25) is 0 Å². The van der Waals surface area contributed by atoms with Crippen molar-refractivity contribution in [2.24, 2.45) is 0 Å². The van der Waals surface area contributed by atoms with Gasteiger partial charge in [-0.15, -0.1) is 6.42 Å². The fraction of sp³-hybridized carbons (Fsp3) is 0.333. The number of terminal acetylenes is 1. The minimum Gasteiger partial charge on any atom is -0.447 e. The lowest BCUT2D eigenvalue weighted by molar-refractivity contribution is -0.0729. The molecule has 0 aromatic rings. The van der Waals surface area contributed by atoms with E-state index in [2.05, 4.69) is 5.92 Å². The molecule has 0 amide bonds. The molecule has 0 saturated heterocycles. The summed E-state index contributed by atoms with van der Waals surface area (Å²) in [7, 11) is 0. The van der Waals surface area contributed by atoms with Gasteiger partial charge in [0.25, 0.3) is 0 Å². The molecule has 1 aliphatic heterocycles. The van der Waals surface area contributed by atoms with E-state index in [9.17, 15) is 0 Å². The van der Waals surface area contributed by atoms with E-state index in [1.807, 2.05) is 0 Å². The van der Waals surface area contributed by atoms with Gasteiger partial charge >= 0.3 is 5.79 Å². The lowest BCUT2D eigenvalue weighted by atomic mass is 10.3. The normalized spacial score (nSPS) is 21.0. The van der Waals surface area contributed by atoms with Crippen LogP contribution in [0, 0.1) is 12.3 Å². The molecule has 0 unspecified atom stereocenters. The fourth-order valence-electron chi connectivity index (χ4n) is 0.411. The highest BCUT2D eigenvalue weighted by atomic mass is 16.7. The fourth-order valence-corrected chi connectivity index (χ4v) is 0.411. The average Bonchev–Trinajstić information content (AvgIpc) is 2.17. The molecule has 0 bridgehead atoms. The van der Waals surface area contributed by atoms with E-state index in [0.29, 0.717) is 0 Å². The molecule has 1 rings (SSSR count). The van der Waals surface area contributed by atoms with E-state index in [1.165, 1.54) is 12.5 Å². The van der Waals surface area contributed by atoms with Gasteiger partial charge in [0.2, 0.25) is 0 Å². The summed E-state index contributed by atoms with van der Waals surface area (Å²) < 4.78 is 9.70. The second-order valence-electron chi connectivity index (χ2n) is 1.60. The summed E-state index contributed by atoms with van der Waals surface area (Å²) >= 11 is 0. The molecule has 0 radical (unpaired) electrons. The molecule has 0 N–H and O–H groups in total. The predicted octanol–water partition coefficient (Wildman–Crippen LogP) is 0.854. The molecule has 0 aliphatic carbocycles. The van der Waals surface area contributed by atoms with Crippen molar-refractivity contribution in [3.8, 4) is 12.3 Å². The highest BCUT2D eigenvalue weighted by molar-refractivity contribution is 5.04. The number of hydrogen-bond acceptors (Lipinski definition) is 2. The number of rotatable bonds is 0. The third-order valence-corrected chi connectivity index (χ3v) is 0.904. The van der Waals surface area contributed by atoms with Crippen molar-refractivity contribution < 1.29 is 9.47 Å². The zero-order valence-electron chi connectivity index (χ0n) is 4.55. The van der Waals surface area contributed by atoms with Crippen molar-refractivity contribution in [2.75, 3.05) is 0 Å². The summed E-state index contributed by atoms with van der Waals surface area (Å²) in [5.41, 5.74) is 0. The van der Waals surface area contributed by atoms with Crippen molar-refractivity contribution in [3.63, 3.8) is 0 Å². The van der Waals surface area contributed by atoms with Gasteiger partial charge in [-0.05, 0) is 5.92 Å². The van der Waals surface area contributed by atoms with E-state index >= 15 is 0 Å². The molecule has 0 aromatic carbocycles. The zero-order chi connectivity index (χ0) is 6.04. The Balaban J connectivity index is 2.63. The molecule has 0 aromatic heterocycles. The first kappa shape index (κ1) is 5.04. The third-order valence-electron chi connectivity index (χ3n) is 0.904. The third kappa shape index (κ3) is 0.627. The van der Waals surface area contributed by atoms with Crippen LogP contribution >= 0.6 is 0 Å². The van der Waals surface area contributed by atoms with Gasteiger partial charge in [0.05, 0.1) is 0 Å². The van der Waals surface area contributed by atoms with Crippen molar-refractivity contribution in [1.29, 1.82) is 0 Å². The van der Waals surface area contributed by atoms with Crippen LogP contribution in [0.15, 0.2) is 12.5 Å². The zero-order valence-corrected chi connectivity index (χ0v) is 4.55. The maximum atomic E-state index is 5.03. The smallest absolute Gasteiger partial charge is 0.312 e. The molecule has 42 valence electrons. The monoisotopic (exact) mass is 110 g/mol. The summed E-state index contributed by atoms with van der Waals surface area (Å²) in [6.45, 7) is 1.67. The molecule has 0 saturated carbocycles. The molecule has 0 fully saturated rings. The molecule has 0 spiro atoms. The van der Waals surface area contributed by atoms with Gasteiger partial charge in [0.1, 0.15) is 12.5 Å². The number of ether oxygens (including phenoxy) is 2. The van der Waals surface area contributed by atoms with Crippen LogP contribution in [0.1, 0.15) is 6.92 Å². The summed E-state index contributed by atoms with van der Waals surface area (Å²) in [6, 6.07) is 0. The van der Waals surface area contributed by atoms with E-state index in [4.69, 9.17) is 15.9 Å². The molecular weight excluding hydrogens is 104 g/mol. The lowest BCUT2D eigenvalue weighted by Crippen LogP contribution is -2.21. The van der Waals surface area contributed by atoms with Crippen LogP contribution in [-0.4, -0.2) is 5.79 Å². The Bertz CT molecular complexity index is 144. The molecule has 8 heavy (non-hydrogen) atoms. The van der Waals surface area contributed by atoms with Crippen molar-refractivity contribution in [1.82, 2.24) is 0 Å². The average molecular weight is 110 g/mol. The van der Waals surface area contributed by atoms with Crippen LogP contribution in [0.25, 0.3) is 0 Å². The largest absolute Gasteiger partial charge is 0.447 e. The first-order valence-electron chi connectivity index (χ1n) is 2.25. The van der Waals surface area contributed by atoms with E-state index in [1.54, 1.807) is 6.92 Å². The minimum absolute atomic E-state index is 0.847. The van der Waals surface area contributed by atoms with E-state index < -0.39 is 5.79 Å². The highest BCUT2D eigenvalue weighted by Crippen LogP contribution is 2.16. The van der Waals surface area contributed by atoms with Crippen LogP contribution < -0.4 is 0 Å². The molecular formula is C6H6O2. The minimum atomic E-state index is -0.847. The standard InChI is InChI=1S/C6H6O2/c1-3-6(2)7-4-5-8-6/h1,4-5H,2H3. The Kier molecular flexibility index (Phi) is 0.911. The Morgan fingerprint density at radius 3 is 2.25 bits per heavy atom. The molecule has 2 heteroatoms. The maximum Gasteiger partial charge on any atom is 0.312 e. The van der Waals surface area contributed by atoms with Crippen LogP contribution in [-0.2, 0) is 9.47 Å². The second-order valence-corrected chi connectivity index (χ2v) is 1.60. The van der Waals surface area contributed by atoms with E-state index in [-0.39, 0.29) is 0 Å². The Morgan fingerprint density at radius 2 is 2.00 bits per heavy atom. The Hall–Kier alpha value is -1.10. The predicted molar refractivity (Wildman–Crippen MR) is 28.5 cm³/mol. The second kappa shape index (κ2) is 1.45. The topological polar surface area (TPSA) is 18.5 Å². The SMILES string of the molecule is C#CC1(C)OC=CO1. The van der Waals surface area contributed by atoms with E-state index in [0.717, 1.165) is 0 Å². The first-order chi connectivity index (χ1) is 3.77. The highest BCUT2D eigenvalue weighted by Gasteiger charge is 2.25. The van der Waals surface area contributed by atoms with Crippen molar-refractivity contribution in [3.05, 3.63) is 12.5 Å². The van der Waals surface area contributed by atoms with Crippen LogP contribution in [0.5, 0.6) is 0 Å². The summed E-state index contributed by atoms with van der Waals surface area (Å²) in [5.74, 6) is 1.49. The first-order valence-corrected chi connectivity index (χ1v) is 2.25. The lowest BCUT2D eigenvalue weighted by Gasteiger charge is -2.14. The van der Waals surface area contributed by atoms with Crippen LogP contribution in [0.4, 0.5) is 0 Å². The van der Waals surface area contributed by atoms with Crippen molar-refractivity contribution in [2.45, 2.75) is 12.7 Å². The quantitative estimate of drug-likeness (QED) is 0.430. The van der Waals surface area contributed by atoms with Gasteiger partial charge in [-0.2, -0.15) is 0 Å². The molecule has 1 aliphatic rings. The Morgan fingerprint density at radius 1 is 1.50 bits per heavy atom. The molecule has 2 nitrogen and oxygen atoms in total. The van der Waals surface area contributed by atoms with Gasteiger partial charge in [0, 0.05) is 6.92 Å². The van der Waals surface area contributed by atoms with Gasteiger partial charge in [-0.25, -0.2) is 0 Å². The summed E-state index contributed by atoms with van der Waals surface area (Å²) in [6.07, 6.45) is 7.89. The van der Waals surface area contributed by atoms with Gasteiger partial charge < -0.3 is 9.47 Å². The van der Waals surface area contributed by atoms with Gasteiger partial charge in [-0.3, -0.25) is 0 Å². The Labute approximate surface area is 48.1 Å². The van der Waals surface area contributed by atoms with Crippen molar-refractivity contribution >= 4 is 0 Å². The molecule has 1 heterocycles. The summed E-state index contributed by atoms with van der Waals surface area (Å²) in [4.78, 5) is 0. The van der Waals surface area contributed by atoms with Gasteiger partial charge in [-0.1, -0.05) is 0 Å². The van der Waals surface area contributed by atoms with Gasteiger partial charge in [0.15, 0.2) is 0 Å². The molecule has 0 atom stereocenters. The maximum absolute atomic E-state index is 5.03. The van der Waals surface area contributed by atoms with Crippen LogP contribution in [0.3, 0.4) is 0 Å².